The first-order valence-corrected chi connectivity index (χ1v) is 8.20. The molecule has 0 spiro atoms. The van der Waals surface area contributed by atoms with Gasteiger partial charge in [0.05, 0.1) is 11.8 Å². The highest BCUT2D eigenvalue weighted by molar-refractivity contribution is 7.90. The highest BCUT2D eigenvalue weighted by Gasteiger charge is 2.23. The number of rotatable bonds is 9. The lowest BCUT2D eigenvalue weighted by molar-refractivity contribution is -0.142. The molecule has 0 aromatic heterocycles. The summed E-state index contributed by atoms with van der Waals surface area (Å²) in [4.78, 5) is 22.6. The monoisotopic (exact) mass is 294 g/mol. The predicted molar refractivity (Wildman–Crippen MR) is 71.4 cm³/mol. The molecule has 0 saturated carbocycles. The van der Waals surface area contributed by atoms with Crippen molar-refractivity contribution in [3.8, 4) is 0 Å². The maximum atomic E-state index is 11.6. The summed E-state index contributed by atoms with van der Waals surface area (Å²) in [5.41, 5.74) is 5.53. The Labute approximate surface area is 113 Å². The Hall–Kier alpha value is -1.15. The maximum Gasteiger partial charge on any atom is 0.326 e. The van der Waals surface area contributed by atoms with Gasteiger partial charge in [0.25, 0.3) is 0 Å². The lowest BCUT2D eigenvalue weighted by Gasteiger charge is -2.17. The standard InChI is InChI=1S/C11H22N2O5S/c1-3-4-5-9(11(15)16)13-10(14)8(12)6-7-19(2,17)18/h8-9H,3-7,12H2,1-2H3,(H,13,14)(H,15,16)/t8?,9-/m0/s1. The van der Waals surface area contributed by atoms with Crippen molar-refractivity contribution in [2.45, 2.75) is 44.7 Å². The average Bonchev–Trinajstić information content (AvgIpc) is 2.29. The van der Waals surface area contributed by atoms with Crippen LogP contribution in [0, 0.1) is 0 Å². The number of unbranched alkanes of at least 4 members (excludes halogenated alkanes) is 1. The van der Waals surface area contributed by atoms with Gasteiger partial charge in [0.1, 0.15) is 15.9 Å². The van der Waals surface area contributed by atoms with Crippen molar-refractivity contribution in [2.75, 3.05) is 12.0 Å². The Balaban J connectivity index is 4.34. The molecule has 19 heavy (non-hydrogen) atoms. The van der Waals surface area contributed by atoms with E-state index in [1.165, 1.54) is 0 Å². The van der Waals surface area contributed by atoms with Crippen LogP contribution in [0.1, 0.15) is 32.6 Å². The average molecular weight is 294 g/mol. The lowest BCUT2D eigenvalue weighted by atomic mass is 10.1. The quantitative estimate of drug-likeness (QED) is 0.526. The number of carbonyl (C=O) groups is 2. The summed E-state index contributed by atoms with van der Waals surface area (Å²) < 4.78 is 21.9. The van der Waals surface area contributed by atoms with Gasteiger partial charge in [-0.05, 0) is 12.8 Å². The number of nitrogens with two attached hydrogens (primary N) is 1. The van der Waals surface area contributed by atoms with E-state index in [1.54, 1.807) is 0 Å². The van der Waals surface area contributed by atoms with Gasteiger partial charge >= 0.3 is 5.97 Å². The number of carboxylic acids is 1. The van der Waals surface area contributed by atoms with Gasteiger partial charge in [0, 0.05) is 6.26 Å². The molecule has 0 saturated heterocycles. The molecule has 0 aliphatic carbocycles. The molecule has 4 N–H and O–H groups in total. The van der Waals surface area contributed by atoms with Crippen LogP contribution in [0.2, 0.25) is 0 Å². The van der Waals surface area contributed by atoms with Gasteiger partial charge in [-0.2, -0.15) is 0 Å². The SMILES string of the molecule is CCCC[C@H](NC(=O)C(N)CCS(C)(=O)=O)C(=O)O. The molecule has 0 fully saturated rings. The van der Waals surface area contributed by atoms with Gasteiger partial charge in [-0.3, -0.25) is 4.79 Å². The topological polar surface area (TPSA) is 127 Å². The Kier molecular flexibility index (Phi) is 7.62. The molecule has 0 rings (SSSR count). The first kappa shape index (κ1) is 17.8. The number of hydrogen-bond donors (Lipinski definition) is 3. The zero-order chi connectivity index (χ0) is 15.1. The van der Waals surface area contributed by atoms with Crippen molar-refractivity contribution in [1.82, 2.24) is 5.32 Å². The number of amides is 1. The molecule has 0 aromatic rings. The van der Waals surface area contributed by atoms with E-state index in [9.17, 15) is 18.0 Å². The van der Waals surface area contributed by atoms with Gasteiger partial charge < -0.3 is 16.2 Å². The number of carbonyl (C=O) groups excluding carboxylic acids is 1. The van der Waals surface area contributed by atoms with Crippen molar-refractivity contribution < 1.29 is 23.1 Å². The fourth-order valence-corrected chi connectivity index (χ4v) is 2.10. The van der Waals surface area contributed by atoms with E-state index in [0.717, 1.165) is 12.7 Å². The molecule has 8 heteroatoms. The number of aliphatic carboxylic acids is 1. The van der Waals surface area contributed by atoms with E-state index in [-0.39, 0.29) is 12.2 Å². The molecule has 0 heterocycles. The van der Waals surface area contributed by atoms with Crippen LogP contribution in [0.3, 0.4) is 0 Å². The molecular weight excluding hydrogens is 272 g/mol. The van der Waals surface area contributed by atoms with Gasteiger partial charge in [-0.1, -0.05) is 19.8 Å². The highest BCUT2D eigenvalue weighted by atomic mass is 32.2. The van der Waals surface area contributed by atoms with Crippen LogP contribution >= 0.6 is 0 Å². The Morgan fingerprint density at radius 1 is 1.32 bits per heavy atom. The zero-order valence-electron chi connectivity index (χ0n) is 11.3. The van der Waals surface area contributed by atoms with Crippen molar-refractivity contribution in [1.29, 1.82) is 0 Å². The minimum absolute atomic E-state index is 0.0230. The molecule has 0 aromatic carbocycles. The Morgan fingerprint density at radius 3 is 2.32 bits per heavy atom. The molecule has 0 aliphatic heterocycles. The first-order chi connectivity index (χ1) is 8.67. The molecule has 1 amide bonds. The zero-order valence-corrected chi connectivity index (χ0v) is 12.1. The summed E-state index contributed by atoms with van der Waals surface area (Å²) in [6.45, 7) is 1.92. The van der Waals surface area contributed by atoms with Crippen molar-refractivity contribution in [3.63, 3.8) is 0 Å². The molecule has 0 aliphatic rings. The van der Waals surface area contributed by atoms with Crippen LogP contribution in [0.15, 0.2) is 0 Å². The smallest absolute Gasteiger partial charge is 0.326 e. The second-order valence-electron chi connectivity index (χ2n) is 4.57. The van der Waals surface area contributed by atoms with Crippen LogP contribution in [0.5, 0.6) is 0 Å². The second kappa shape index (κ2) is 8.11. The summed E-state index contributed by atoms with van der Waals surface area (Å²) in [7, 11) is -3.19. The predicted octanol–water partition coefficient (Wildman–Crippen LogP) is -0.492. The minimum Gasteiger partial charge on any atom is -0.480 e. The van der Waals surface area contributed by atoms with Gasteiger partial charge in [0.15, 0.2) is 0 Å². The Bertz CT molecular complexity index is 407. The van der Waals surface area contributed by atoms with Gasteiger partial charge in [0.2, 0.25) is 5.91 Å². The van der Waals surface area contributed by atoms with Crippen LogP contribution in [0.4, 0.5) is 0 Å². The molecule has 2 atom stereocenters. The molecule has 0 radical (unpaired) electrons. The van der Waals surface area contributed by atoms with E-state index in [2.05, 4.69) is 5.32 Å². The molecule has 112 valence electrons. The van der Waals surface area contributed by atoms with E-state index < -0.39 is 33.8 Å². The molecule has 7 nitrogen and oxygen atoms in total. The summed E-state index contributed by atoms with van der Waals surface area (Å²) in [5, 5.41) is 11.3. The highest BCUT2D eigenvalue weighted by Crippen LogP contribution is 2.02. The minimum atomic E-state index is -3.19. The van der Waals surface area contributed by atoms with Crippen LogP contribution < -0.4 is 11.1 Å². The fourth-order valence-electron chi connectivity index (χ4n) is 1.42. The fraction of sp³-hybridized carbons (Fsp3) is 0.818. The van der Waals surface area contributed by atoms with Crippen LogP contribution in [-0.4, -0.2) is 49.5 Å². The molecular formula is C11H22N2O5S. The maximum absolute atomic E-state index is 11.6. The Morgan fingerprint density at radius 2 is 1.89 bits per heavy atom. The number of carboxylic acid groups (broad SMARTS) is 1. The second-order valence-corrected chi connectivity index (χ2v) is 6.83. The summed E-state index contributed by atoms with van der Waals surface area (Å²) >= 11 is 0. The molecule has 1 unspecified atom stereocenters. The van der Waals surface area contributed by atoms with Crippen LogP contribution in [0.25, 0.3) is 0 Å². The van der Waals surface area contributed by atoms with Crippen molar-refractivity contribution in [2.24, 2.45) is 5.73 Å². The number of sulfone groups is 1. The third-order valence-electron chi connectivity index (χ3n) is 2.60. The summed E-state index contributed by atoms with van der Waals surface area (Å²) in [6.07, 6.45) is 2.86. The van der Waals surface area contributed by atoms with E-state index in [4.69, 9.17) is 10.8 Å². The third kappa shape index (κ3) is 8.55. The normalized spacial score (nSPS) is 14.7. The third-order valence-corrected chi connectivity index (χ3v) is 3.57. The van der Waals surface area contributed by atoms with E-state index in [0.29, 0.717) is 12.8 Å². The lowest BCUT2D eigenvalue weighted by Crippen LogP contribution is -2.48. The largest absolute Gasteiger partial charge is 0.480 e. The molecule has 0 bridgehead atoms. The van der Waals surface area contributed by atoms with E-state index in [1.807, 2.05) is 6.92 Å². The summed E-state index contributed by atoms with van der Waals surface area (Å²) in [5.74, 6) is -1.95. The summed E-state index contributed by atoms with van der Waals surface area (Å²) in [6, 6.07) is -1.99. The van der Waals surface area contributed by atoms with Gasteiger partial charge in [-0.25, -0.2) is 13.2 Å². The van der Waals surface area contributed by atoms with E-state index >= 15 is 0 Å². The van der Waals surface area contributed by atoms with Gasteiger partial charge in [-0.15, -0.1) is 0 Å². The first-order valence-electron chi connectivity index (χ1n) is 6.14. The number of nitrogens with one attached hydrogen (secondary N) is 1. The number of hydrogen-bond acceptors (Lipinski definition) is 5. The van der Waals surface area contributed by atoms with Crippen LogP contribution in [-0.2, 0) is 19.4 Å². The van der Waals surface area contributed by atoms with Crippen molar-refractivity contribution in [3.05, 3.63) is 0 Å². The van der Waals surface area contributed by atoms with Crippen molar-refractivity contribution >= 4 is 21.7 Å².